The molecule has 1 aliphatic heterocycles. The zero-order chi connectivity index (χ0) is 10.1. The molecule has 0 saturated carbocycles. The Morgan fingerprint density at radius 2 is 2.50 bits per heavy atom. The summed E-state index contributed by atoms with van der Waals surface area (Å²) < 4.78 is 0. The van der Waals surface area contributed by atoms with Gasteiger partial charge in [0.15, 0.2) is 16.6 Å². The molecule has 1 saturated heterocycles. The number of carbonyl (C=O) groups excluding carboxylic acids is 1. The van der Waals surface area contributed by atoms with Gasteiger partial charge in [0.05, 0.1) is 0 Å². The van der Waals surface area contributed by atoms with E-state index in [9.17, 15) is 4.79 Å². The summed E-state index contributed by atoms with van der Waals surface area (Å²) in [5, 5.41) is 1.21. The molecule has 0 aliphatic carbocycles. The normalized spacial score (nSPS) is 21.6. The second-order valence-electron chi connectivity index (χ2n) is 3.45. The number of halogens is 1. The molecule has 2 rings (SSSR count). The maximum absolute atomic E-state index is 10.6. The Balaban J connectivity index is 2.27. The zero-order valence-corrected chi connectivity index (χ0v) is 9.44. The lowest BCUT2D eigenvalue weighted by molar-refractivity contribution is 0.112. The number of aldehydes is 1. The van der Waals surface area contributed by atoms with Crippen molar-refractivity contribution < 1.29 is 4.79 Å². The van der Waals surface area contributed by atoms with Crippen molar-refractivity contribution in [3.63, 3.8) is 0 Å². The first-order valence-electron chi connectivity index (χ1n) is 4.60. The fraction of sp³-hybridized carbons (Fsp3) is 0.556. The van der Waals surface area contributed by atoms with E-state index in [-0.39, 0.29) is 0 Å². The molecule has 1 aromatic heterocycles. The van der Waals surface area contributed by atoms with Gasteiger partial charge in [-0.3, -0.25) is 4.79 Å². The molecule has 2 heterocycles. The molecule has 0 spiro atoms. The van der Waals surface area contributed by atoms with Crippen LogP contribution in [0, 0.1) is 0 Å². The largest absolute Gasteiger partial charge is 0.345 e. The maximum atomic E-state index is 10.6. The first-order valence-corrected chi connectivity index (χ1v) is 5.80. The van der Waals surface area contributed by atoms with Gasteiger partial charge in [-0.15, -0.1) is 0 Å². The summed E-state index contributed by atoms with van der Waals surface area (Å²) in [6.45, 7) is 3.19. The predicted molar refractivity (Wildman–Crippen MR) is 58.6 cm³/mol. The van der Waals surface area contributed by atoms with Gasteiger partial charge < -0.3 is 4.90 Å². The van der Waals surface area contributed by atoms with Crippen LogP contribution in [0.25, 0.3) is 0 Å². The van der Waals surface area contributed by atoms with Crippen LogP contribution in [-0.2, 0) is 0 Å². The molecule has 0 bridgehead atoms. The monoisotopic (exact) mass is 230 g/mol. The lowest BCUT2D eigenvalue weighted by Crippen LogP contribution is -2.25. The van der Waals surface area contributed by atoms with Gasteiger partial charge in [0.1, 0.15) is 4.88 Å². The van der Waals surface area contributed by atoms with Crippen molar-refractivity contribution in [1.29, 1.82) is 0 Å². The highest BCUT2D eigenvalue weighted by Gasteiger charge is 2.24. The number of carbonyl (C=O) groups is 1. The van der Waals surface area contributed by atoms with E-state index in [0.717, 1.165) is 18.0 Å². The Kier molecular flexibility index (Phi) is 2.74. The van der Waals surface area contributed by atoms with Crippen molar-refractivity contribution in [3.05, 3.63) is 10.0 Å². The molecule has 1 aliphatic rings. The molecule has 0 radical (unpaired) electrons. The van der Waals surface area contributed by atoms with Crippen LogP contribution in [0.4, 0.5) is 5.13 Å². The maximum Gasteiger partial charge on any atom is 0.187 e. The molecule has 5 heteroatoms. The van der Waals surface area contributed by atoms with Crippen LogP contribution in [0.3, 0.4) is 0 Å². The van der Waals surface area contributed by atoms with Crippen molar-refractivity contribution >= 4 is 34.4 Å². The van der Waals surface area contributed by atoms with Gasteiger partial charge in [-0.1, -0.05) is 22.9 Å². The smallest absolute Gasteiger partial charge is 0.187 e. The Morgan fingerprint density at radius 1 is 1.71 bits per heavy atom. The van der Waals surface area contributed by atoms with Gasteiger partial charge >= 0.3 is 0 Å². The highest BCUT2D eigenvalue weighted by Crippen LogP contribution is 2.32. The Labute approximate surface area is 91.7 Å². The minimum Gasteiger partial charge on any atom is -0.345 e. The Hall–Kier alpha value is -0.610. The molecule has 76 valence electrons. The third kappa shape index (κ3) is 1.64. The van der Waals surface area contributed by atoms with Crippen molar-refractivity contribution in [2.45, 2.75) is 25.8 Å². The van der Waals surface area contributed by atoms with E-state index in [4.69, 9.17) is 11.6 Å². The fourth-order valence-corrected chi connectivity index (χ4v) is 2.91. The summed E-state index contributed by atoms with van der Waals surface area (Å²) in [4.78, 5) is 17.5. The Bertz CT molecular complexity index is 353. The quantitative estimate of drug-likeness (QED) is 0.733. The minimum absolute atomic E-state index is 0.333. The second-order valence-corrected chi connectivity index (χ2v) is 4.82. The summed E-state index contributed by atoms with van der Waals surface area (Å²) >= 11 is 7.19. The first kappa shape index (κ1) is 9.93. The van der Waals surface area contributed by atoms with Gasteiger partial charge in [-0.05, 0) is 19.8 Å². The molecular formula is C9H11ClN2OS. The number of hydrogen-bond acceptors (Lipinski definition) is 4. The molecule has 1 aromatic rings. The average Bonchev–Trinajstić information content (AvgIpc) is 2.71. The van der Waals surface area contributed by atoms with Crippen LogP contribution in [0.2, 0.25) is 5.15 Å². The molecule has 0 N–H and O–H groups in total. The van der Waals surface area contributed by atoms with Gasteiger partial charge in [0.25, 0.3) is 0 Å². The van der Waals surface area contributed by atoms with Gasteiger partial charge in [-0.2, -0.15) is 0 Å². The van der Waals surface area contributed by atoms with Gasteiger partial charge in [0.2, 0.25) is 0 Å². The predicted octanol–water partition coefficient (Wildman–Crippen LogP) is 2.60. The summed E-state index contributed by atoms with van der Waals surface area (Å²) in [6, 6.07) is 0.511. The van der Waals surface area contributed by atoms with Crippen molar-refractivity contribution in [1.82, 2.24) is 4.98 Å². The van der Waals surface area contributed by atoms with Gasteiger partial charge in [0, 0.05) is 12.6 Å². The Morgan fingerprint density at radius 3 is 3.00 bits per heavy atom. The highest BCUT2D eigenvalue weighted by atomic mass is 35.5. The van der Waals surface area contributed by atoms with Crippen molar-refractivity contribution in [2.75, 3.05) is 11.4 Å². The van der Waals surface area contributed by atoms with Crippen molar-refractivity contribution in [2.24, 2.45) is 0 Å². The van der Waals surface area contributed by atoms with Crippen LogP contribution in [0.5, 0.6) is 0 Å². The van der Waals surface area contributed by atoms with Crippen LogP contribution < -0.4 is 4.90 Å². The van der Waals surface area contributed by atoms with Gasteiger partial charge in [-0.25, -0.2) is 4.98 Å². The molecule has 3 nitrogen and oxygen atoms in total. The summed E-state index contributed by atoms with van der Waals surface area (Å²) in [5.41, 5.74) is 0. The van der Waals surface area contributed by atoms with E-state index < -0.39 is 0 Å². The number of thiazole rings is 1. The van der Waals surface area contributed by atoms with E-state index in [1.54, 1.807) is 0 Å². The molecule has 0 unspecified atom stereocenters. The number of nitrogens with zero attached hydrogens (tertiary/aromatic N) is 2. The van der Waals surface area contributed by atoms with E-state index in [1.807, 2.05) is 0 Å². The summed E-state index contributed by atoms with van der Waals surface area (Å²) in [6.07, 6.45) is 3.15. The average molecular weight is 231 g/mol. The van der Waals surface area contributed by atoms with E-state index >= 15 is 0 Å². The molecular weight excluding hydrogens is 220 g/mol. The highest BCUT2D eigenvalue weighted by molar-refractivity contribution is 7.17. The fourth-order valence-electron chi connectivity index (χ4n) is 1.72. The van der Waals surface area contributed by atoms with Crippen LogP contribution in [0.1, 0.15) is 29.4 Å². The zero-order valence-electron chi connectivity index (χ0n) is 7.86. The summed E-state index contributed by atoms with van der Waals surface area (Å²) in [7, 11) is 0. The first-order chi connectivity index (χ1) is 6.72. The van der Waals surface area contributed by atoms with E-state index in [2.05, 4.69) is 16.8 Å². The van der Waals surface area contributed by atoms with Crippen LogP contribution >= 0.6 is 22.9 Å². The van der Waals surface area contributed by atoms with Crippen LogP contribution in [-0.4, -0.2) is 23.9 Å². The molecule has 0 aromatic carbocycles. The van der Waals surface area contributed by atoms with E-state index in [1.165, 1.54) is 24.2 Å². The number of anilines is 1. The number of rotatable bonds is 2. The number of aromatic nitrogens is 1. The third-order valence-corrected chi connectivity index (χ3v) is 3.92. The SMILES string of the molecule is C[C@H]1CCCN1c1nc(Cl)c(C=O)s1. The molecule has 0 amide bonds. The number of hydrogen-bond donors (Lipinski definition) is 0. The van der Waals surface area contributed by atoms with E-state index in [0.29, 0.717) is 16.1 Å². The minimum atomic E-state index is 0.333. The standard InChI is InChI=1S/C9H11ClN2OS/c1-6-3-2-4-12(6)9-11-8(10)7(5-13)14-9/h5-6H,2-4H2,1H3/t6-/m0/s1. The molecule has 1 fully saturated rings. The molecule has 14 heavy (non-hydrogen) atoms. The lowest BCUT2D eigenvalue weighted by Gasteiger charge is -2.19. The van der Waals surface area contributed by atoms with Crippen molar-refractivity contribution in [3.8, 4) is 0 Å². The molecule has 1 atom stereocenters. The third-order valence-electron chi connectivity index (χ3n) is 2.50. The second kappa shape index (κ2) is 3.87. The van der Waals surface area contributed by atoms with Crippen LogP contribution in [0.15, 0.2) is 0 Å². The topological polar surface area (TPSA) is 33.2 Å². The summed E-state index contributed by atoms with van der Waals surface area (Å²) in [5.74, 6) is 0. The lowest BCUT2D eigenvalue weighted by atomic mass is 10.2.